The molecule has 1 aliphatic rings. The molecule has 10 heteroatoms. The Kier molecular flexibility index (Phi) is 4.76. The second-order valence-corrected chi connectivity index (χ2v) is 4.84. The molecule has 1 amide bonds. The van der Waals surface area contributed by atoms with Gasteiger partial charge in [-0.15, -0.1) is 0 Å². The molecule has 1 fully saturated rings. The van der Waals surface area contributed by atoms with Gasteiger partial charge in [-0.2, -0.15) is 22.5 Å². The standard InChI is InChI=1S/C10H13F3N4O2S/c11-10(12,13)8-15-9(20-16-8)14-2-1-7(18)17-3-5-19-6-4-17/h1-6H2,(H,14,15,16). The molecule has 0 radical (unpaired) electrons. The van der Waals surface area contributed by atoms with E-state index in [9.17, 15) is 18.0 Å². The van der Waals surface area contributed by atoms with Crippen LogP contribution in [0.4, 0.5) is 18.3 Å². The van der Waals surface area contributed by atoms with Crippen LogP contribution in [0.3, 0.4) is 0 Å². The van der Waals surface area contributed by atoms with E-state index >= 15 is 0 Å². The molecule has 1 aromatic heterocycles. The molecule has 0 aromatic carbocycles. The quantitative estimate of drug-likeness (QED) is 0.905. The van der Waals surface area contributed by atoms with E-state index < -0.39 is 12.0 Å². The Labute approximate surface area is 117 Å². The summed E-state index contributed by atoms with van der Waals surface area (Å²) in [7, 11) is 0. The number of alkyl halides is 3. The number of morpholine rings is 1. The van der Waals surface area contributed by atoms with Crippen LogP contribution in [-0.2, 0) is 15.7 Å². The van der Waals surface area contributed by atoms with Crippen LogP contribution in [-0.4, -0.2) is 53.0 Å². The summed E-state index contributed by atoms with van der Waals surface area (Å²) >= 11 is 0.627. The van der Waals surface area contributed by atoms with Gasteiger partial charge in [0.05, 0.1) is 13.2 Å². The molecule has 0 aliphatic carbocycles. The number of amides is 1. The van der Waals surface area contributed by atoms with Gasteiger partial charge in [-0.25, -0.2) is 0 Å². The second-order valence-electron chi connectivity index (χ2n) is 4.09. The van der Waals surface area contributed by atoms with Gasteiger partial charge in [0.15, 0.2) is 0 Å². The van der Waals surface area contributed by atoms with Crippen molar-refractivity contribution in [2.45, 2.75) is 12.6 Å². The molecule has 112 valence electrons. The van der Waals surface area contributed by atoms with Gasteiger partial charge in [0.1, 0.15) is 0 Å². The van der Waals surface area contributed by atoms with Gasteiger partial charge in [0.25, 0.3) is 0 Å². The first-order valence-electron chi connectivity index (χ1n) is 5.97. The zero-order chi connectivity index (χ0) is 14.6. The van der Waals surface area contributed by atoms with Crippen LogP contribution in [0.25, 0.3) is 0 Å². The molecule has 0 unspecified atom stereocenters. The fraction of sp³-hybridized carbons (Fsp3) is 0.700. The molecule has 1 aromatic rings. The number of rotatable bonds is 4. The summed E-state index contributed by atoms with van der Waals surface area (Å²) in [4.78, 5) is 16.8. The van der Waals surface area contributed by atoms with Crippen LogP contribution in [0.15, 0.2) is 0 Å². The molecule has 0 atom stereocenters. The summed E-state index contributed by atoms with van der Waals surface area (Å²) in [5.41, 5.74) is 0. The molecule has 2 heterocycles. The van der Waals surface area contributed by atoms with Gasteiger partial charge in [-0.1, -0.05) is 0 Å². The molecular weight excluding hydrogens is 297 g/mol. The number of hydrogen-bond donors (Lipinski definition) is 1. The highest BCUT2D eigenvalue weighted by molar-refractivity contribution is 7.09. The topological polar surface area (TPSA) is 67.4 Å². The van der Waals surface area contributed by atoms with Gasteiger partial charge in [0.2, 0.25) is 16.9 Å². The van der Waals surface area contributed by atoms with E-state index in [1.807, 2.05) is 0 Å². The van der Waals surface area contributed by atoms with Crippen LogP contribution in [0.2, 0.25) is 0 Å². The van der Waals surface area contributed by atoms with Gasteiger partial charge in [-0.05, 0) is 0 Å². The fourth-order valence-electron chi connectivity index (χ4n) is 1.66. The average Bonchev–Trinajstić information content (AvgIpc) is 2.88. The minimum absolute atomic E-state index is 0.0543. The Balaban J connectivity index is 1.75. The Bertz CT molecular complexity index is 460. The van der Waals surface area contributed by atoms with Crippen molar-refractivity contribution in [1.82, 2.24) is 14.3 Å². The molecule has 0 bridgehead atoms. The largest absolute Gasteiger partial charge is 0.452 e. The van der Waals surface area contributed by atoms with Gasteiger partial charge >= 0.3 is 6.18 Å². The van der Waals surface area contributed by atoms with Gasteiger partial charge in [-0.3, -0.25) is 4.79 Å². The van der Waals surface area contributed by atoms with Crippen molar-refractivity contribution in [3.05, 3.63) is 5.82 Å². The summed E-state index contributed by atoms with van der Waals surface area (Å²) in [5.74, 6) is -1.22. The third kappa shape index (κ3) is 4.04. The minimum Gasteiger partial charge on any atom is -0.378 e. The van der Waals surface area contributed by atoms with Crippen molar-refractivity contribution in [2.75, 3.05) is 38.2 Å². The van der Waals surface area contributed by atoms with Crippen LogP contribution in [0.5, 0.6) is 0 Å². The molecule has 1 saturated heterocycles. The first-order chi connectivity index (χ1) is 9.47. The van der Waals surface area contributed by atoms with E-state index in [-0.39, 0.29) is 24.0 Å². The summed E-state index contributed by atoms with van der Waals surface area (Å²) in [6.07, 6.45) is -4.35. The normalized spacial score (nSPS) is 16.2. The molecule has 2 rings (SSSR count). The van der Waals surface area contributed by atoms with Crippen LogP contribution in [0, 0.1) is 0 Å². The number of nitrogens with zero attached hydrogens (tertiary/aromatic N) is 3. The Hall–Kier alpha value is -1.42. The molecule has 20 heavy (non-hydrogen) atoms. The second kappa shape index (κ2) is 6.35. The fourth-order valence-corrected chi connectivity index (χ4v) is 2.27. The first kappa shape index (κ1) is 15.0. The third-order valence-electron chi connectivity index (χ3n) is 2.66. The van der Waals surface area contributed by atoms with Crippen molar-refractivity contribution in [2.24, 2.45) is 0 Å². The summed E-state index contributed by atoms with van der Waals surface area (Å²) in [5, 5.41) is 2.74. The van der Waals surface area contributed by atoms with Crippen LogP contribution in [0.1, 0.15) is 12.2 Å². The Morgan fingerprint density at radius 2 is 2.10 bits per heavy atom. The van der Waals surface area contributed by atoms with Crippen molar-refractivity contribution in [3.63, 3.8) is 0 Å². The Morgan fingerprint density at radius 1 is 1.40 bits per heavy atom. The number of hydrogen-bond acceptors (Lipinski definition) is 6. The summed E-state index contributed by atoms with van der Waals surface area (Å²) < 4.78 is 45.2. The highest BCUT2D eigenvalue weighted by Gasteiger charge is 2.36. The lowest BCUT2D eigenvalue weighted by atomic mass is 10.3. The zero-order valence-corrected chi connectivity index (χ0v) is 11.3. The number of carbonyl (C=O) groups is 1. The first-order valence-corrected chi connectivity index (χ1v) is 6.74. The monoisotopic (exact) mass is 310 g/mol. The summed E-state index contributed by atoms with van der Waals surface area (Å²) in [6, 6.07) is 0. The van der Waals surface area contributed by atoms with E-state index in [4.69, 9.17) is 4.74 Å². The number of ether oxygens (including phenoxy) is 1. The van der Waals surface area contributed by atoms with E-state index in [1.54, 1.807) is 4.90 Å². The van der Waals surface area contributed by atoms with Gasteiger partial charge < -0.3 is 15.0 Å². The average molecular weight is 310 g/mol. The zero-order valence-electron chi connectivity index (χ0n) is 10.4. The van der Waals surface area contributed by atoms with Gasteiger partial charge in [0, 0.05) is 37.6 Å². The third-order valence-corrected chi connectivity index (χ3v) is 3.33. The van der Waals surface area contributed by atoms with E-state index in [2.05, 4.69) is 14.7 Å². The number of anilines is 1. The van der Waals surface area contributed by atoms with Crippen molar-refractivity contribution in [1.29, 1.82) is 0 Å². The lowest BCUT2D eigenvalue weighted by Crippen LogP contribution is -2.41. The lowest BCUT2D eigenvalue weighted by Gasteiger charge is -2.26. The predicted octanol–water partition coefficient (Wildman–Crippen LogP) is 1.22. The smallest absolute Gasteiger partial charge is 0.378 e. The van der Waals surface area contributed by atoms with E-state index in [1.165, 1.54) is 0 Å². The maximum absolute atomic E-state index is 12.3. The van der Waals surface area contributed by atoms with Crippen molar-refractivity contribution in [3.8, 4) is 0 Å². The molecule has 1 aliphatic heterocycles. The maximum atomic E-state index is 12.3. The maximum Gasteiger partial charge on any atom is 0.452 e. The number of nitrogens with one attached hydrogen (secondary N) is 1. The van der Waals surface area contributed by atoms with E-state index in [0.29, 0.717) is 37.8 Å². The molecule has 6 nitrogen and oxygen atoms in total. The Morgan fingerprint density at radius 3 is 2.70 bits per heavy atom. The van der Waals surface area contributed by atoms with E-state index in [0.717, 1.165) is 0 Å². The number of aromatic nitrogens is 2. The minimum atomic E-state index is -4.54. The van der Waals surface area contributed by atoms with Crippen molar-refractivity contribution < 1.29 is 22.7 Å². The highest BCUT2D eigenvalue weighted by atomic mass is 32.1. The lowest BCUT2D eigenvalue weighted by molar-refractivity contribution is -0.144. The molecule has 0 spiro atoms. The summed E-state index contributed by atoms with van der Waals surface area (Å²) in [6.45, 7) is 2.36. The number of carbonyl (C=O) groups excluding carboxylic acids is 1. The SMILES string of the molecule is O=C(CCNc1nc(C(F)(F)F)ns1)N1CCOCC1. The highest BCUT2D eigenvalue weighted by Crippen LogP contribution is 2.28. The van der Waals surface area contributed by atoms with Crippen molar-refractivity contribution >= 4 is 22.6 Å². The number of halogens is 3. The molecular formula is C10H13F3N4O2S. The molecule has 1 N–H and O–H groups in total. The van der Waals surface area contributed by atoms with Crippen LogP contribution >= 0.6 is 11.5 Å². The predicted molar refractivity (Wildman–Crippen MR) is 65.4 cm³/mol. The van der Waals surface area contributed by atoms with Crippen LogP contribution < -0.4 is 5.32 Å². The molecule has 0 saturated carbocycles.